The molecule has 2 N–H and O–H groups in total. The predicted octanol–water partition coefficient (Wildman–Crippen LogP) is 3.49. The number of hydrogen-bond acceptors (Lipinski definition) is 4. The van der Waals surface area contributed by atoms with Gasteiger partial charge in [0.05, 0.1) is 0 Å². The normalized spacial score (nSPS) is 13.9. The van der Waals surface area contributed by atoms with Gasteiger partial charge in [-0.05, 0) is 48.1 Å². The van der Waals surface area contributed by atoms with Crippen molar-refractivity contribution in [3.05, 3.63) is 69.2 Å². The standard InChI is InChI=1S/C18H12Cl2N2O3S/c19-12-4-3-11(15(20)8-12)9-25-13-5-1-10(2-6-13)7-14-16(23)21-18(26)22-17(14)24/h1-8H,9H2,(H2,21,22,23,24,26). The van der Waals surface area contributed by atoms with Gasteiger partial charge in [0.25, 0.3) is 11.8 Å². The van der Waals surface area contributed by atoms with Crippen molar-refractivity contribution in [2.75, 3.05) is 0 Å². The number of hydrogen-bond donors (Lipinski definition) is 2. The Kier molecular flexibility index (Phi) is 5.56. The Morgan fingerprint density at radius 2 is 1.65 bits per heavy atom. The molecule has 132 valence electrons. The molecular formula is C18H12Cl2N2O3S. The number of rotatable bonds is 4. The molecule has 1 heterocycles. The van der Waals surface area contributed by atoms with Gasteiger partial charge in [-0.2, -0.15) is 0 Å². The molecule has 0 aromatic heterocycles. The minimum Gasteiger partial charge on any atom is -0.489 e. The molecule has 0 unspecified atom stereocenters. The first-order valence-electron chi connectivity index (χ1n) is 7.47. The van der Waals surface area contributed by atoms with E-state index >= 15 is 0 Å². The molecule has 8 heteroatoms. The summed E-state index contributed by atoms with van der Waals surface area (Å²) in [4.78, 5) is 23.7. The van der Waals surface area contributed by atoms with Gasteiger partial charge in [-0.1, -0.05) is 41.4 Å². The van der Waals surface area contributed by atoms with Gasteiger partial charge in [0, 0.05) is 15.6 Å². The smallest absolute Gasteiger partial charge is 0.263 e. The van der Waals surface area contributed by atoms with E-state index in [0.29, 0.717) is 28.0 Å². The van der Waals surface area contributed by atoms with Gasteiger partial charge in [-0.3, -0.25) is 20.2 Å². The highest BCUT2D eigenvalue weighted by Crippen LogP contribution is 2.23. The van der Waals surface area contributed by atoms with Crippen molar-refractivity contribution in [2.24, 2.45) is 0 Å². The summed E-state index contributed by atoms with van der Waals surface area (Å²) in [5, 5.41) is 5.87. The van der Waals surface area contributed by atoms with Crippen molar-refractivity contribution in [3.8, 4) is 5.75 Å². The molecule has 0 aliphatic carbocycles. The summed E-state index contributed by atoms with van der Waals surface area (Å²) in [6, 6.07) is 12.1. The third kappa shape index (κ3) is 4.40. The number of carbonyl (C=O) groups excluding carboxylic acids is 2. The second kappa shape index (κ2) is 7.86. The highest BCUT2D eigenvalue weighted by molar-refractivity contribution is 7.80. The third-order valence-electron chi connectivity index (χ3n) is 3.54. The first-order valence-corrected chi connectivity index (χ1v) is 8.64. The van der Waals surface area contributed by atoms with Gasteiger partial charge in [-0.15, -0.1) is 0 Å². The van der Waals surface area contributed by atoms with Crippen LogP contribution in [0.5, 0.6) is 5.75 Å². The largest absolute Gasteiger partial charge is 0.489 e. The molecule has 0 saturated carbocycles. The summed E-state index contributed by atoms with van der Waals surface area (Å²) in [7, 11) is 0. The molecule has 1 fully saturated rings. The molecule has 0 atom stereocenters. The van der Waals surface area contributed by atoms with Crippen molar-refractivity contribution in [3.63, 3.8) is 0 Å². The van der Waals surface area contributed by atoms with Crippen LogP contribution >= 0.6 is 35.4 Å². The van der Waals surface area contributed by atoms with Gasteiger partial charge in [-0.25, -0.2) is 0 Å². The average Bonchev–Trinajstić information content (AvgIpc) is 2.58. The molecule has 3 rings (SSSR count). The quantitative estimate of drug-likeness (QED) is 0.463. The van der Waals surface area contributed by atoms with Crippen LogP contribution in [-0.4, -0.2) is 16.9 Å². The van der Waals surface area contributed by atoms with Crippen molar-refractivity contribution in [1.29, 1.82) is 0 Å². The van der Waals surface area contributed by atoms with E-state index in [1.165, 1.54) is 6.08 Å². The molecule has 26 heavy (non-hydrogen) atoms. The van der Waals surface area contributed by atoms with Crippen LogP contribution in [0.15, 0.2) is 48.0 Å². The highest BCUT2D eigenvalue weighted by atomic mass is 35.5. The maximum atomic E-state index is 11.8. The lowest BCUT2D eigenvalue weighted by Gasteiger charge is -2.16. The van der Waals surface area contributed by atoms with Crippen molar-refractivity contribution >= 4 is 58.4 Å². The van der Waals surface area contributed by atoms with Crippen LogP contribution in [-0.2, 0) is 16.2 Å². The molecule has 5 nitrogen and oxygen atoms in total. The molecule has 1 saturated heterocycles. The highest BCUT2D eigenvalue weighted by Gasteiger charge is 2.25. The maximum Gasteiger partial charge on any atom is 0.263 e. The second-order valence-corrected chi connectivity index (χ2v) is 6.64. The fraction of sp³-hybridized carbons (Fsp3) is 0.0556. The Bertz CT molecular complexity index is 905. The third-order valence-corrected chi connectivity index (χ3v) is 4.33. The van der Waals surface area contributed by atoms with Crippen LogP contribution in [0.25, 0.3) is 6.08 Å². The zero-order valence-electron chi connectivity index (χ0n) is 13.2. The van der Waals surface area contributed by atoms with Gasteiger partial charge < -0.3 is 4.74 Å². The Morgan fingerprint density at radius 1 is 1.00 bits per heavy atom. The van der Waals surface area contributed by atoms with Gasteiger partial charge in [0.15, 0.2) is 5.11 Å². The number of ether oxygens (including phenoxy) is 1. The molecule has 1 aliphatic heterocycles. The lowest BCUT2D eigenvalue weighted by atomic mass is 10.1. The summed E-state index contributed by atoms with van der Waals surface area (Å²) < 4.78 is 5.69. The zero-order valence-corrected chi connectivity index (χ0v) is 15.5. The summed E-state index contributed by atoms with van der Waals surface area (Å²) in [6.07, 6.45) is 1.48. The van der Waals surface area contributed by atoms with E-state index in [9.17, 15) is 9.59 Å². The first kappa shape index (κ1) is 18.4. The molecular weight excluding hydrogens is 395 g/mol. The Balaban J connectivity index is 1.68. The van der Waals surface area contributed by atoms with Crippen LogP contribution in [0.4, 0.5) is 0 Å². The van der Waals surface area contributed by atoms with Crippen molar-refractivity contribution < 1.29 is 14.3 Å². The van der Waals surface area contributed by atoms with Gasteiger partial charge in [0.2, 0.25) is 0 Å². The monoisotopic (exact) mass is 406 g/mol. The van der Waals surface area contributed by atoms with E-state index in [1.807, 2.05) is 0 Å². The van der Waals surface area contributed by atoms with E-state index in [-0.39, 0.29) is 10.7 Å². The lowest BCUT2D eigenvalue weighted by Crippen LogP contribution is -2.51. The number of thiocarbonyl (C=S) groups is 1. The Morgan fingerprint density at radius 3 is 2.27 bits per heavy atom. The fourth-order valence-corrected chi connectivity index (χ4v) is 2.88. The number of amides is 2. The summed E-state index contributed by atoms with van der Waals surface area (Å²) in [5.74, 6) is -0.440. The van der Waals surface area contributed by atoms with Gasteiger partial charge in [0.1, 0.15) is 17.9 Å². The number of halogens is 2. The van der Waals surface area contributed by atoms with E-state index < -0.39 is 11.8 Å². The molecule has 2 amide bonds. The van der Waals surface area contributed by atoms with E-state index in [2.05, 4.69) is 10.6 Å². The Hall–Kier alpha value is -2.41. The van der Waals surface area contributed by atoms with E-state index in [1.54, 1.807) is 42.5 Å². The topological polar surface area (TPSA) is 67.4 Å². The van der Waals surface area contributed by atoms with E-state index in [0.717, 1.165) is 5.56 Å². The van der Waals surface area contributed by atoms with Crippen LogP contribution < -0.4 is 15.4 Å². The average molecular weight is 407 g/mol. The number of carbonyl (C=O) groups is 2. The van der Waals surface area contributed by atoms with Crippen LogP contribution in [0.3, 0.4) is 0 Å². The minimum absolute atomic E-state index is 0.00163. The van der Waals surface area contributed by atoms with E-state index in [4.69, 9.17) is 40.2 Å². The Labute approximate surface area is 164 Å². The molecule has 0 spiro atoms. The van der Waals surface area contributed by atoms with Crippen LogP contribution in [0, 0.1) is 0 Å². The fourth-order valence-electron chi connectivity index (χ4n) is 2.23. The lowest BCUT2D eigenvalue weighted by molar-refractivity contribution is -0.123. The maximum absolute atomic E-state index is 11.8. The second-order valence-electron chi connectivity index (χ2n) is 5.39. The molecule has 1 aliphatic rings. The number of benzene rings is 2. The van der Waals surface area contributed by atoms with Crippen LogP contribution in [0.1, 0.15) is 11.1 Å². The summed E-state index contributed by atoms with van der Waals surface area (Å²) in [6.45, 7) is 0.290. The van der Waals surface area contributed by atoms with Crippen molar-refractivity contribution in [2.45, 2.75) is 6.61 Å². The van der Waals surface area contributed by atoms with Crippen LogP contribution in [0.2, 0.25) is 10.0 Å². The molecule has 0 bridgehead atoms. The summed E-state index contributed by atoms with van der Waals surface area (Å²) >= 11 is 16.7. The predicted molar refractivity (Wildman–Crippen MR) is 104 cm³/mol. The minimum atomic E-state index is -0.531. The molecule has 2 aromatic rings. The molecule has 0 radical (unpaired) electrons. The number of nitrogens with one attached hydrogen (secondary N) is 2. The zero-order chi connectivity index (χ0) is 18.7. The van der Waals surface area contributed by atoms with Crippen molar-refractivity contribution in [1.82, 2.24) is 10.6 Å². The molecule has 2 aromatic carbocycles. The SMILES string of the molecule is O=C1NC(=S)NC(=O)C1=Cc1ccc(OCc2ccc(Cl)cc2Cl)cc1. The summed E-state index contributed by atoms with van der Waals surface area (Å²) in [5.41, 5.74) is 1.48. The first-order chi connectivity index (χ1) is 12.4. The van der Waals surface area contributed by atoms with Gasteiger partial charge >= 0.3 is 0 Å².